The fraction of sp³-hybridized carbons (Fsp3) is 0.308. The summed E-state index contributed by atoms with van der Waals surface area (Å²) in [6, 6.07) is 3.44. The number of nitrogens with one attached hydrogen (secondary N) is 1. The molecule has 0 radical (unpaired) electrons. The highest BCUT2D eigenvalue weighted by molar-refractivity contribution is 7.92. The largest absolute Gasteiger partial charge is 0.351 e. The molecule has 1 rings (SSSR count). The molecule has 8 heteroatoms. The van der Waals surface area contributed by atoms with E-state index in [1.54, 1.807) is 0 Å². The first-order chi connectivity index (χ1) is 9.68. The highest BCUT2D eigenvalue weighted by atomic mass is 35.5. The normalized spacial score (nSPS) is 12.6. The van der Waals surface area contributed by atoms with Gasteiger partial charge in [-0.05, 0) is 25.1 Å². The molecule has 0 aliphatic carbocycles. The Kier molecular flexibility index (Phi) is 6.07. The van der Waals surface area contributed by atoms with Gasteiger partial charge in [0, 0.05) is 11.6 Å². The fourth-order valence-corrected chi connectivity index (χ4v) is 3.36. The molecule has 0 saturated carbocycles. The number of benzene rings is 1. The van der Waals surface area contributed by atoms with Crippen LogP contribution in [0.5, 0.6) is 0 Å². The van der Waals surface area contributed by atoms with Crippen LogP contribution < -0.4 is 9.62 Å². The van der Waals surface area contributed by atoms with E-state index in [1.165, 1.54) is 31.2 Å². The monoisotopic (exact) mass is 350 g/mol. The van der Waals surface area contributed by atoms with Crippen molar-refractivity contribution in [2.45, 2.75) is 13.0 Å². The van der Waals surface area contributed by atoms with Gasteiger partial charge in [-0.25, -0.2) is 8.42 Å². The number of sulfonamides is 1. The Bertz CT molecular complexity index is 647. The van der Waals surface area contributed by atoms with Crippen LogP contribution in [0.25, 0.3) is 0 Å². The molecule has 1 aromatic carbocycles. The molecule has 0 heterocycles. The van der Waals surface area contributed by atoms with Gasteiger partial charge < -0.3 is 5.32 Å². The molecule has 0 saturated heterocycles. The molecule has 0 aromatic heterocycles. The van der Waals surface area contributed by atoms with Crippen molar-refractivity contribution in [3.05, 3.63) is 40.9 Å². The van der Waals surface area contributed by atoms with Crippen molar-refractivity contribution < 1.29 is 13.2 Å². The summed E-state index contributed by atoms with van der Waals surface area (Å²) < 4.78 is 25.0. The molecule has 0 spiro atoms. The van der Waals surface area contributed by atoms with Gasteiger partial charge in [-0.1, -0.05) is 29.3 Å². The Morgan fingerprint density at radius 3 is 2.62 bits per heavy atom. The Morgan fingerprint density at radius 1 is 1.48 bits per heavy atom. The van der Waals surface area contributed by atoms with Gasteiger partial charge in [-0.3, -0.25) is 9.10 Å². The summed E-state index contributed by atoms with van der Waals surface area (Å²) in [5, 5.41) is 3.06. The average molecular weight is 351 g/mol. The van der Waals surface area contributed by atoms with Crippen molar-refractivity contribution in [1.29, 1.82) is 0 Å². The van der Waals surface area contributed by atoms with E-state index in [1.807, 2.05) is 0 Å². The summed E-state index contributed by atoms with van der Waals surface area (Å²) in [5.41, 5.74) is 0.160. The number of nitrogens with zero attached hydrogens (tertiary/aromatic N) is 1. The summed E-state index contributed by atoms with van der Waals surface area (Å²) in [6.07, 6.45) is 2.50. The third-order valence-electron chi connectivity index (χ3n) is 2.65. The summed E-state index contributed by atoms with van der Waals surface area (Å²) >= 11 is 11.9. The molecule has 5 nitrogen and oxygen atoms in total. The van der Waals surface area contributed by atoms with Gasteiger partial charge in [0.2, 0.25) is 15.9 Å². The predicted octanol–water partition coefficient (Wildman–Crippen LogP) is 2.45. The third-order valence-corrected chi connectivity index (χ3v) is 4.44. The van der Waals surface area contributed by atoms with E-state index < -0.39 is 22.0 Å². The van der Waals surface area contributed by atoms with Crippen LogP contribution in [0.3, 0.4) is 0 Å². The lowest BCUT2D eigenvalue weighted by Crippen LogP contribution is -2.48. The summed E-state index contributed by atoms with van der Waals surface area (Å²) in [6.45, 7) is 5.19. The van der Waals surface area contributed by atoms with Gasteiger partial charge in [-0.2, -0.15) is 0 Å². The maximum Gasteiger partial charge on any atom is 0.243 e. The number of amides is 1. The number of anilines is 1. The van der Waals surface area contributed by atoms with Gasteiger partial charge >= 0.3 is 0 Å². The third kappa shape index (κ3) is 4.62. The minimum Gasteiger partial charge on any atom is -0.351 e. The first kappa shape index (κ1) is 17.8. The van der Waals surface area contributed by atoms with Crippen molar-refractivity contribution in [3.8, 4) is 0 Å². The van der Waals surface area contributed by atoms with Crippen LogP contribution >= 0.6 is 23.2 Å². The molecule has 21 heavy (non-hydrogen) atoms. The standard InChI is InChI=1S/C13H16Cl2N2O3S/c1-4-7-16-13(18)9(2)17(21(3,19)20)12-8-10(14)5-6-11(12)15/h4-6,8-9H,1,7H2,2-3H3,(H,16,18). The number of carbonyl (C=O) groups is 1. The molecule has 0 bridgehead atoms. The fourth-order valence-electron chi connectivity index (χ4n) is 1.76. The second-order valence-electron chi connectivity index (χ2n) is 4.36. The Hall–Kier alpha value is -1.24. The Morgan fingerprint density at radius 2 is 2.10 bits per heavy atom. The second-order valence-corrected chi connectivity index (χ2v) is 7.07. The molecule has 116 valence electrons. The van der Waals surface area contributed by atoms with Gasteiger partial charge in [0.1, 0.15) is 6.04 Å². The lowest BCUT2D eigenvalue weighted by molar-refractivity contribution is -0.121. The summed E-state index contributed by atoms with van der Waals surface area (Å²) in [4.78, 5) is 12.0. The molecule has 0 fully saturated rings. The van der Waals surface area contributed by atoms with E-state index >= 15 is 0 Å². The highest BCUT2D eigenvalue weighted by Gasteiger charge is 2.30. The predicted molar refractivity (Wildman–Crippen MR) is 86.5 cm³/mol. The van der Waals surface area contributed by atoms with Crippen molar-refractivity contribution in [2.75, 3.05) is 17.1 Å². The SMILES string of the molecule is C=CCNC(=O)C(C)N(c1cc(Cl)ccc1Cl)S(C)(=O)=O. The van der Waals surface area contributed by atoms with Crippen molar-refractivity contribution >= 4 is 44.8 Å². The van der Waals surface area contributed by atoms with Crippen LogP contribution in [0.1, 0.15) is 6.92 Å². The Balaban J connectivity index is 3.27. The Labute approximate surface area is 134 Å². The lowest BCUT2D eigenvalue weighted by Gasteiger charge is -2.28. The number of rotatable bonds is 6. The maximum absolute atomic E-state index is 12.0. The van der Waals surface area contributed by atoms with E-state index in [9.17, 15) is 13.2 Å². The van der Waals surface area contributed by atoms with E-state index in [2.05, 4.69) is 11.9 Å². The zero-order valence-electron chi connectivity index (χ0n) is 11.6. The zero-order valence-corrected chi connectivity index (χ0v) is 14.0. The van der Waals surface area contributed by atoms with Crippen molar-refractivity contribution in [3.63, 3.8) is 0 Å². The topological polar surface area (TPSA) is 66.5 Å². The molecule has 1 atom stereocenters. The van der Waals surface area contributed by atoms with Crippen molar-refractivity contribution in [1.82, 2.24) is 5.32 Å². The van der Waals surface area contributed by atoms with Gasteiger partial charge in [-0.15, -0.1) is 6.58 Å². The second kappa shape index (κ2) is 7.15. The van der Waals surface area contributed by atoms with E-state index in [4.69, 9.17) is 23.2 Å². The van der Waals surface area contributed by atoms with Crippen LogP contribution in [0.2, 0.25) is 10.0 Å². The zero-order chi connectivity index (χ0) is 16.2. The number of halogens is 2. The lowest BCUT2D eigenvalue weighted by atomic mass is 10.2. The molecule has 1 aromatic rings. The minimum absolute atomic E-state index is 0.160. The minimum atomic E-state index is -3.72. The highest BCUT2D eigenvalue weighted by Crippen LogP contribution is 2.32. The van der Waals surface area contributed by atoms with Gasteiger partial charge in [0.15, 0.2) is 0 Å². The molecule has 1 amide bonds. The van der Waals surface area contributed by atoms with Crippen molar-refractivity contribution in [2.24, 2.45) is 0 Å². The first-order valence-electron chi connectivity index (χ1n) is 6.01. The van der Waals surface area contributed by atoms with E-state index in [0.717, 1.165) is 10.6 Å². The molecule has 0 aliphatic rings. The molecule has 1 N–H and O–H groups in total. The summed E-state index contributed by atoms with van der Waals surface area (Å²) in [7, 11) is -3.72. The molecular formula is C13H16Cl2N2O3S. The average Bonchev–Trinajstić information content (AvgIpc) is 2.38. The number of hydrogen-bond acceptors (Lipinski definition) is 3. The smallest absolute Gasteiger partial charge is 0.243 e. The van der Waals surface area contributed by atoms with Crippen LogP contribution in [0, 0.1) is 0 Å². The molecular weight excluding hydrogens is 335 g/mol. The first-order valence-corrected chi connectivity index (χ1v) is 8.62. The van der Waals surface area contributed by atoms with E-state index in [-0.39, 0.29) is 17.3 Å². The summed E-state index contributed by atoms with van der Waals surface area (Å²) in [5.74, 6) is -0.462. The van der Waals surface area contributed by atoms with Crippen LogP contribution in [-0.2, 0) is 14.8 Å². The number of carbonyl (C=O) groups excluding carboxylic acids is 1. The van der Waals surface area contributed by atoms with Gasteiger partial charge in [0.05, 0.1) is 17.0 Å². The van der Waals surface area contributed by atoms with Gasteiger partial charge in [0.25, 0.3) is 0 Å². The molecule has 1 unspecified atom stereocenters. The molecule has 0 aliphatic heterocycles. The maximum atomic E-state index is 12.0. The van der Waals surface area contributed by atoms with E-state index in [0.29, 0.717) is 5.02 Å². The van der Waals surface area contributed by atoms with Crippen LogP contribution in [0.15, 0.2) is 30.9 Å². The van der Waals surface area contributed by atoms with Crippen LogP contribution in [-0.4, -0.2) is 33.2 Å². The van der Waals surface area contributed by atoms with Crippen LogP contribution in [0.4, 0.5) is 5.69 Å². The number of hydrogen-bond donors (Lipinski definition) is 1. The quantitative estimate of drug-likeness (QED) is 0.801.